The molecule has 0 unspecified atom stereocenters. The minimum absolute atomic E-state index is 0.0755. The van der Waals surface area contributed by atoms with Crippen LogP contribution < -0.4 is 0 Å². The lowest BCUT2D eigenvalue weighted by molar-refractivity contribution is -0.0165. The molecular formula is C8H17ClO4. The third-order valence-corrected chi connectivity index (χ3v) is 2.38. The zero-order valence-corrected chi connectivity index (χ0v) is 8.33. The summed E-state index contributed by atoms with van der Waals surface area (Å²) in [6.45, 7) is 0.295. The maximum atomic E-state index is 8.96. The van der Waals surface area contributed by atoms with E-state index < -0.39 is 5.41 Å². The van der Waals surface area contributed by atoms with Gasteiger partial charge in [-0.3, -0.25) is 0 Å². The van der Waals surface area contributed by atoms with E-state index in [9.17, 15) is 0 Å². The molecule has 0 amide bonds. The molecule has 0 heterocycles. The minimum atomic E-state index is -0.753. The molecule has 0 atom stereocenters. The largest absolute Gasteiger partial charge is 0.396 e. The van der Waals surface area contributed by atoms with Crippen LogP contribution in [0.25, 0.3) is 0 Å². The van der Waals surface area contributed by atoms with Crippen molar-refractivity contribution in [2.45, 2.75) is 6.42 Å². The number of alkyl halides is 1. The van der Waals surface area contributed by atoms with Crippen LogP contribution in [0.3, 0.4) is 0 Å². The molecule has 0 fully saturated rings. The van der Waals surface area contributed by atoms with Crippen LogP contribution in [0.2, 0.25) is 0 Å². The third-order valence-electron chi connectivity index (χ3n) is 1.81. The van der Waals surface area contributed by atoms with Crippen molar-refractivity contribution in [2.24, 2.45) is 5.41 Å². The molecule has 0 aromatic rings. The van der Waals surface area contributed by atoms with Crippen molar-refractivity contribution in [3.05, 3.63) is 0 Å². The lowest BCUT2D eigenvalue weighted by Gasteiger charge is -2.26. The second-order valence-electron chi connectivity index (χ2n) is 3.08. The first-order chi connectivity index (χ1) is 6.24. The number of aliphatic hydroxyl groups is 3. The molecule has 80 valence electrons. The number of hydrogen-bond donors (Lipinski definition) is 3. The van der Waals surface area contributed by atoms with E-state index in [1.54, 1.807) is 0 Å². The Morgan fingerprint density at radius 1 is 1.15 bits per heavy atom. The van der Waals surface area contributed by atoms with E-state index in [-0.39, 0.29) is 32.3 Å². The van der Waals surface area contributed by atoms with E-state index in [1.165, 1.54) is 0 Å². The second kappa shape index (κ2) is 7.53. The quantitative estimate of drug-likeness (QED) is 0.378. The topological polar surface area (TPSA) is 69.9 Å². The zero-order chi connectivity index (χ0) is 10.2. The predicted octanol–water partition coefficient (Wildman–Crippen LogP) is -0.405. The summed E-state index contributed by atoms with van der Waals surface area (Å²) in [5, 5.41) is 26.4. The van der Waals surface area contributed by atoms with Crippen molar-refractivity contribution in [3.63, 3.8) is 0 Å². The highest BCUT2D eigenvalue weighted by Gasteiger charge is 2.28. The third kappa shape index (κ3) is 4.78. The minimum Gasteiger partial charge on any atom is -0.396 e. The Bertz CT molecular complexity index is 108. The average Bonchev–Trinajstić information content (AvgIpc) is 2.20. The normalized spacial score (nSPS) is 12.0. The van der Waals surface area contributed by atoms with Crippen LogP contribution in [0.1, 0.15) is 6.42 Å². The Morgan fingerprint density at radius 3 is 2.15 bits per heavy atom. The first-order valence-electron chi connectivity index (χ1n) is 4.21. The van der Waals surface area contributed by atoms with Gasteiger partial charge in [0.05, 0.1) is 25.2 Å². The van der Waals surface area contributed by atoms with E-state index in [0.717, 1.165) is 0 Å². The van der Waals surface area contributed by atoms with Gasteiger partial charge in [-0.05, 0) is 6.42 Å². The fraction of sp³-hybridized carbons (Fsp3) is 1.00. The Hall–Kier alpha value is 0.130. The summed E-state index contributed by atoms with van der Waals surface area (Å²) in [6, 6.07) is 0. The summed E-state index contributed by atoms with van der Waals surface area (Å²) >= 11 is 5.59. The number of hydrogen-bond acceptors (Lipinski definition) is 4. The van der Waals surface area contributed by atoms with Crippen molar-refractivity contribution in [1.82, 2.24) is 0 Å². The molecule has 3 N–H and O–H groups in total. The lowest BCUT2D eigenvalue weighted by Crippen LogP contribution is -2.37. The predicted molar refractivity (Wildman–Crippen MR) is 49.8 cm³/mol. The van der Waals surface area contributed by atoms with Gasteiger partial charge in [0, 0.05) is 19.1 Å². The zero-order valence-electron chi connectivity index (χ0n) is 7.58. The Balaban J connectivity index is 3.68. The van der Waals surface area contributed by atoms with Crippen molar-refractivity contribution >= 4 is 11.6 Å². The van der Waals surface area contributed by atoms with Crippen molar-refractivity contribution < 1.29 is 20.1 Å². The van der Waals surface area contributed by atoms with Crippen LogP contribution >= 0.6 is 11.6 Å². The van der Waals surface area contributed by atoms with E-state index in [1.807, 2.05) is 0 Å². The van der Waals surface area contributed by atoms with Gasteiger partial charge >= 0.3 is 0 Å². The van der Waals surface area contributed by atoms with Crippen LogP contribution in [0, 0.1) is 5.41 Å². The molecular weight excluding hydrogens is 196 g/mol. The first-order valence-corrected chi connectivity index (χ1v) is 4.74. The van der Waals surface area contributed by atoms with Crippen LogP contribution in [-0.4, -0.2) is 54.2 Å². The van der Waals surface area contributed by atoms with Gasteiger partial charge in [-0.2, -0.15) is 0 Å². The average molecular weight is 213 g/mol. The van der Waals surface area contributed by atoms with Crippen molar-refractivity contribution in [2.75, 3.05) is 38.9 Å². The number of ether oxygens (including phenoxy) is 1. The molecule has 0 spiro atoms. The molecule has 0 aromatic carbocycles. The maximum Gasteiger partial charge on any atom is 0.0578 e. The van der Waals surface area contributed by atoms with Crippen LogP contribution in [0.5, 0.6) is 0 Å². The Labute approximate surface area is 83.1 Å². The summed E-state index contributed by atoms with van der Waals surface area (Å²) < 4.78 is 5.15. The molecule has 0 saturated carbocycles. The number of aliphatic hydroxyl groups excluding tert-OH is 3. The highest BCUT2D eigenvalue weighted by atomic mass is 35.5. The van der Waals surface area contributed by atoms with Crippen LogP contribution in [0.4, 0.5) is 0 Å². The van der Waals surface area contributed by atoms with Crippen molar-refractivity contribution in [3.8, 4) is 0 Å². The molecule has 0 radical (unpaired) electrons. The summed E-state index contributed by atoms with van der Waals surface area (Å²) in [4.78, 5) is 0. The smallest absolute Gasteiger partial charge is 0.0578 e. The van der Waals surface area contributed by atoms with Gasteiger partial charge in [-0.25, -0.2) is 0 Å². The fourth-order valence-electron chi connectivity index (χ4n) is 0.720. The van der Waals surface area contributed by atoms with Gasteiger partial charge in [-0.15, -0.1) is 11.6 Å². The molecule has 0 aliphatic heterocycles. The van der Waals surface area contributed by atoms with Gasteiger partial charge in [0.1, 0.15) is 0 Å². The van der Waals surface area contributed by atoms with E-state index >= 15 is 0 Å². The van der Waals surface area contributed by atoms with Crippen LogP contribution in [-0.2, 0) is 4.74 Å². The standard InChI is InChI=1S/C8H17ClO4/c9-4-8(5-11,6-12)7-13-3-1-2-10/h10-12H,1-7H2. The van der Waals surface area contributed by atoms with E-state index in [0.29, 0.717) is 13.0 Å². The van der Waals surface area contributed by atoms with Crippen LogP contribution in [0.15, 0.2) is 0 Å². The summed E-state index contributed by atoms with van der Waals surface area (Å²) in [7, 11) is 0. The molecule has 0 aromatic heterocycles. The molecule has 0 aliphatic carbocycles. The monoisotopic (exact) mass is 212 g/mol. The maximum absolute atomic E-state index is 8.96. The first kappa shape index (κ1) is 13.1. The molecule has 4 nitrogen and oxygen atoms in total. The molecule has 5 heteroatoms. The number of rotatable bonds is 8. The SMILES string of the molecule is OCCCOCC(CO)(CO)CCl. The van der Waals surface area contributed by atoms with Gasteiger partial charge in [0.2, 0.25) is 0 Å². The van der Waals surface area contributed by atoms with Gasteiger partial charge in [0.25, 0.3) is 0 Å². The highest BCUT2D eigenvalue weighted by molar-refractivity contribution is 6.18. The Kier molecular flexibility index (Phi) is 7.60. The summed E-state index contributed by atoms with van der Waals surface area (Å²) in [5.41, 5.74) is -0.753. The van der Waals surface area contributed by atoms with E-state index in [2.05, 4.69) is 0 Å². The van der Waals surface area contributed by atoms with Gasteiger partial charge < -0.3 is 20.1 Å². The highest BCUT2D eigenvalue weighted by Crippen LogP contribution is 2.18. The van der Waals surface area contributed by atoms with Gasteiger partial charge in [0.15, 0.2) is 0 Å². The molecule has 0 bridgehead atoms. The molecule has 0 rings (SSSR count). The van der Waals surface area contributed by atoms with Gasteiger partial charge in [-0.1, -0.05) is 0 Å². The summed E-state index contributed by atoms with van der Waals surface area (Å²) in [6.07, 6.45) is 0.551. The van der Waals surface area contributed by atoms with E-state index in [4.69, 9.17) is 31.7 Å². The summed E-state index contributed by atoms with van der Waals surface area (Å²) in [5.74, 6) is 0.152. The second-order valence-corrected chi connectivity index (χ2v) is 3.35. The molecule has 0 aliphatic rings. The number of halogens is 1. The molecule has 0 saturated heterocycles. The van der Waals surface area contributed by atoms with Crippen molar-refractivity contribution in [1.29, 1.82) is 0 Å². The Morgan fingerprint density at radius 2 is 1.77 bits per heavy atom. The molecule has 13 heavy (non-hydrogen) atoms. The lowest BCUT2D eigenvalue weighted by atomic mass is 9.94. The fourth-order valence-corrected chi connectivity index (χ4v) is 0.966.